The Balaban J connectivity index is 1.67. The summed E-state index contributed by atoms with van der Waals surface area (Å²) in [7, 11) is 0. The standard InChI is InChI=1S/C24H21Cl2N3O4/c25-16-4-6-20-17(13-16)22(30)28-19(23(31)29-24(14-27)7-8-24)12-15-3-5-21(18(26)11-15)33-10-2-1-9-32-20/h1-6,11,13,19H,7-10,12H2,(H,28,30)(H,29,31)/t19-/m0/s1. The van der Waals surface area contributed by atoms with Crippen LogP contribution >= 0.6 is 23.2 Å². The van der Waals surface area contributed by atoms with E-state index < -0.39 is 23.4 Å². The van der Waals surface area contributed by atoms with E-state index in [1.807, 2.05) is 0 Å². The minimum absolute atomic E-state index is 0.162. The van der Waals surface area contributed by atoms with Crippen LogP contribution in [0.15, 0.2) is 48.6 Å². The van der Waals surface area contributed by atoms with Gasteiger partial charge in [0.05, 0.1) is 16.7 Å². The highest BCUT2D eigenvalue weighted by Crippen LogP contribution is 2.34. The van der Waals surface area contributed by atoms with E-state index in [0.29, 0.717) is 34.4 Å². The van der Waals surface area contributed by atoms with E-state index in [-0.39, 0.29) is 25.2 Å². The van der Waals surface area contributed by atoms with Crippen molar-refractivity contribution in [1.82, 2.24) is 10.6 Å². The maximum absolute atomic E-state index is 13.2. The molecule has 2 N–H and O–H groups in total. The number of ether oxygens (including phenoxy) is 2. The zero-order valence-electron chi connectivity index (χ0n) is 17.6. The third kappa shape index (κ3) is 5.59. The predicted octanol–water partition coefficient (Wildman–Crippen LogP) is 3.83. The van der Waals surface area contributed by atoms with E-state index in [4.69, 9.17) is 32.7 Å². The van der Waals surface area contributed by atoms with Crippen molar-refractivity contribution in [3.05, 3.63) is 69.7 Å². The predicted molar refractivity (Wildman–Crippen MR) is 124 cm³/mol. The number of halogens is 2. The van der Waals surface area contributed by atoms with Gasteiger partial charge in [-0.3, -0.25) is 9.59 Å². The van der Waals surface area contributed by atoms with Crippen molar-refractivity contribution in [1.29, 1.82) is 5.26 Å². The van der Waals surface area contributed by atoms with Crippen LogP contribution in [0, 0.1) is 11.3 Å². The van der Waals surface area contributed by atoms with E-state index in [9.17, 15) is 14.9 Å². The lowest BCUT2D eigenvalue weighted by Crippen LogP contribution is -2.51. The Morgan fingerprint density at radius 1 is 1.09 bits per heavy atom. The highest BCUT2D eigenvalue weighted by molar-refractivity contribution is 6.32. The van der Waals surface area contributed by atoms with Crippen molar-refractivity contribution in [3.8, 4) is 17.6 Å². The molecule has 2 amide bonds. The Morgan fingerprint density at radius 3 is 2.45 bits per heavy atom. The molecule has 1 aliphatic carbocycles. The van der Waals surface area contributed by atoms with Crippen LogP contribution < -0.4 is 20.1 Å². The fourth-order valence-corrected chi connectivity index (χ4v) is 3.83. The molecular formula is C24H21Cl2N3O4. The number of nitriles is 1. The zero-order valence-corrected chi connectivity index (χ0v) is 19.1. The third-order valence-electron chi connectivity index (χ3n) is 5.41. The maximum Gasteiger partial charge on any atom is 0.255 e. The molecule has 5 rings (SSSR count). The van der Waals surface area contributed by atoms with Crippen LogP contribution in [0.3, 0.4) is 0 Å². The first kappa shape index (κ1) is 23.0. The first-order valence-corrected chi connectivity index (χ1v) is 11.2. The first-order valence-electron chi connectivity index (χ1n) is 10.4. The lowest BCUT2D eigenvalue weighted by molar-refractivity contribution is -0.123. The summed E-state index contributed by atoms with van der Waals surface area (Å²) in [6, 6.07) is 11.1. The lowest BCUT2D eigenvalue weighted by atomic mass is 10.0. The minimum atomic E-state index is -0.953. The van der Waals surface area contributed by atoms with Crippen LogP contribution in [0.5, 0.6) is 11.5 Å². The molecule has 1 saturated carbocycles. The molecule has 1 atom stereocenters. The maximum atomic E-state index is 13.2. The van der Waals surface area contributed by atoms with Crippen molar-refractivity contribution >= 4 is 35.0 Å². The van der Waals surface area contributed by atoms with Crippen molar-refractivity contribution in [2.75, 3.05) is 13.2 Å². The van der Waals surface area contributed by atoms with Gasteiger partial charge in [0, 0.05) is 11.4 Å². The van der Waals surface area contributed by atoms with Gasteiger partial charge in [0.25, 0.3) is 5.91 Å². The van der Waals surface area contributed by atoms with Gasteiger partial charge in [-0.25, -0.2) is 0 Å². The molecular weight excluding hydrogens is 465 g/mol. The summed E-state index contributed by atoms with van der Waals surface area (Å²) in [6.45, 7) is 0.490. The fraction of sp³-hybridized carbons (Fsp3) is 0.292. The number of benzene rings is 2. The topological polar surface area (TPSA) is 100 Å². The number of amides is 2. The van der Waals surface area contributed by atoms with Gasteiger partial charge in [0.1, 0.15) is 36.3 Å². The summed E-state index contributed by atoms with van der Waals surface area (Å²) in [4.78, 5) is 26.2. The quantitative estimate of drug-likeness (QED) is 0.629. The van der Waals surface area contributed by atoms with Crippen molar-refractivity contribution < 1.29 is 19.1 Å². The SMILES string of the molecule is N#CC1(NC(=O)[C@@H]2Cc3ccc(c(Cl)c3)OCC=CCOc3ccc(Cl)cc3C(=O)N2)CC1. The van der Waals surface area contributed by atoms with E-state index in [1.165, 1.54) is 6.07 Å². The summed E-state index contributed by atoms with van der Waals surface area (Å²) >= 11 is 12.5. The van der Waals surface area contributed by atoms with Crippen LogP contribution in [0.25, 0.3) is 0 Å². The number of nitrogens with one attached hydrogen (secondary N) is 2. The number of hydrogen-bond donors (Lipinski definition) is 2. The molecule has 2 heterocycles. The van der Waals surface area contributed by atoms with Gasteiger partial charge < -0.3 is 20.1 Å². The van der Waals surface area contributed by atoms with Gasteiger partial charge in [0.15, 0.2) is 0 Å². The molecule has 9 heteroatoms. The van der Waals surface area contributed by atoms with Crippen molar-refractivity contribution in [3.63, 3.8) is 0 Å². The van der Waals surface area contributed by atoms with Crippen LogP contribution in [0.1, 0.15) is 28.8 Å². The average Bonchev–Trinajstić information content (AvgIpc) is 3.56. The molecule has 2 aromatic carbocycles. The number of carbonyl (C=O) groups is 2. The zero-order chi connectivity index (χ0) is 23.4. The van der Waals surface area contributed by atoms with E-state index in [0.717, 1.165) is 5.56 Å². The molecule has 0 unspecified atom stereocenters. The summed E-state index contributed by atoms with van der Waals surface area (Å²) in [5, 5.41) is 15.6. The fourth-order valence-electron chi connectivity index (χ4n) is 3.40. The highest BCUT2D eigenvalue weighted by Gasteiger charge is 2.45. The number of rotatable bonds is 2. The van der Waals surface area contributed by atoms with Crippen molar-refractivity contribution in [2.45, 2.75) is 30.8 Å². The van der Waals surface area contributed by atoms with E-state index in [1.54, 1.807) is 42.5 Å². The van der Waals surface area contributed by atoms with Gasteiger partial charge in [-0.05, 0) is 60.9 Å². The molecule has 0 radical (unpaired) electrons. The van der Waals surface area contributed by atoms with Crippen LogP contribution in [0.2, 0.25) is 10.0 Å². The Labute approximate surface area is 201 Å². The van der Waals surface area contributed by atoms with Gasteiger partial charge in [-0.1, -0.05) is 29.3 Å². The Hall–Kier alpha value is -3.21. The second kappa shape index (κ2) is 9.74. The molecule has 33 heavy (non-hydrogen) atoms. The molecule has 170 valence electrons. The molecule has 0 aromatic heterocycles. The van der Waals surface area contributed by atoms with Gasteiger partial charge in [-0.2, -0.15) is 5.26 Å². The highest BCUT2D eigenvalue weighted by atomic mass is 35.5. The minimum Gasteiger partial charge on any atom is -0.489 e. The summed E-state index contributed by atoms with van der Waals surface area (Å²) in [5.74, 6) is -0.135. The number of carbonyl (C=O) groups excluding carboxylic acids is 2. The van der Waals surface area contributed by atoms with Crippen LogP contribution in [0.4, 0.5) is 0 Å². The molecule has 1 fully saturated rings. The summed E-state index contributed by atoms with van der Waals surface area (Å²) in [6.07, 6.45) is 4.86. The smallest absolute Gasteiger partial charge is 0.255 e. The van der Waals surface area contributed by atoms with E-state index >= 15 is 0 Å². The van der Waals surface area contributed by atoms with E-state index in [2.05, 4.69) is 16.7 Å². The van der Waals surface area contributed by atoms with Gasteiger partial charge in [-0.15, -0.1) is 0 Å². The number of hydrogen-bond acceptors (Lipinski definition) is 5. The number of fused-ring (bicyclic) bond motifs is 9. The Kier molecular flexibility index (Phi) is 6.77. The van der Waals surface area contributed by atoms with Crippen molar-refractivity contribution in [2.24, 2.45) is 0 Å². The average molecular weight is 486 g/mol. The normalized spacial score (nSPS) is 19.3. The Bertz CT molecular complexity index is 1150. The second-order valence-corrected chi connectivity index (χ2v) is 8.76. The largest absolute Gasteiger partial charge is 0.489 e. The lowest BCUT2D eigenvalue weighted by Gasteiger charge is -2.21. The van der Waals surface area contributed by atoms with Gasteiger partial charge in [0.2, 0.25) is 5.91 Å². The molecule has 0 spiro atoms. The molecule has 2 aromatic rings. The molecule has 0 saturated heterocycles. The van der Waals surface area contributed by atoms with Gasteiger partial charge >= 0.3 is 0 Å². The summed E-state index contributed by atoms with van der Waals surface area (Å²) in [5.41, 5.74) is 0.0509. The first-order chi connectivity index (χ1) is 15.9. The number of nitrogens with zero attached hydrogens (tertiary/aromatic N) is 1. The monoisotopic (exact) mass is 485 g/mol. The van der Waals surface area contributed by atoms with Crippen LogP contribution in [-0.4, -0.2) is 36.6 Å². The molecule has 2 aliphatic heterocycles. The third-order valence-corrected chi connectivity index (χ3v) is 5.94. The molecule has 3 aliphatic rings. The molecule has 7 nitrogen and oxygen atoms in total. The summed E-state index contributed by atoms with van der Waals surface area (Å²) < 4.78 is 11.4. The second-order valence-electron chi connectivity index (χ2n) is 7.91. The molecule has 2 bridgehead atoms. The van der Waals surface area contributed by atoms with Crippen LogP contribution in [-0.2, 0) is 11.2 Å². The Morgan fingerprint density at radius 2 is 1.79 bits per heavy atom.